The van der Waals surface area contributed by atoms with Crippen molar-refractivity contribution in [2.75, 3.05) is 11.5 Å². The van der Waals surface area contributed by atoms with Crippen LogP contribution in [0.5, 0.6) is 0 Å². The second-order valence-electron chi connectivity index (χ2n) is 4.51. The Balaban J connectivity index is 1.92. The van der Waals surface area contributed by atoms with Gasteiger partial charge >= 0.3 is 0 Å². The molecule has 0 saturated carbocycles. The zero-order valence-corrected chi connectivity index (χ0v) is 11.2. The lowest BCUT2D eigenvalue weighted by molar-refractivity contribution is 0.589. The van der Waals surface area contributed by atoms with Crippen LogP contribution < -0.4 is 5.32 Å². The van der Waals surface area contributed by atoms with Gasteiger partial charge in [0.15, 0.2) is 5.17 Å². The molecular weight excluding hydrogens is 224 g/mol. The van der Waals surface area contributed by atoms with Crippen molar-refractivity contribution in [3.05, 3.63) is 0 Å². The standard InChI is InChI=1S/C11H20N2S2/c1-8-6-9(2)15-11(12-8)13-10-4-3-5-14-7-10/h8-10H,3-7H2,1-2H3,(H,12,13). The van der Waals surface area contributed by atoms with E-state index in [0.717, 1.165) is 5.25 Å². The second kappa shape index (κ2) is 5.48. The molecule has 0 aromatic carbocycles. The number of nitrogens with one attached hydrogen (secondary N) is 1. The van der Waals surface area contributed by atoms with Crippen LogP contribution in [-0.2, 0) is 0 Å². The van der Waals surface area contributed by atoms with Crippen molar-refractivity contribution in [3.63, 3.8) is 0 Å². The molecule has 2 nitrogen and oxygen atoms in total. The van der Waals surface area contributed by atoms with Crippen molar-refractivity contribution in [2.24, 2.45) is 4.99 Å². The number of amidine groups is 1. The molecule has 0 bridgehead atoms. The summed E-state index contributed by atoms with van der Waals surface area (Å²) in [4.78, 5) is 4.84. The van der Waals surface area contributed by atoms with Crippen LogP contribution in [0.2, 0.25) is 0 Å². The molecule has 0 amide bonds. The van der Waals surface area contributed by atoms with Gasteiger partial charge in [0.1, 0.15) is 0 Å². The third-order valence-electron chi connectivity index (χ3n) is 2.80. The van der Waals surface area contributed by atoms with Gasteiger partial charge in [0.2, 0.25) is 0 Å². The van der Waals surface area contributed by atoms with Crippen LogP contribution >= 0.6 is 23.5 Å². The normalized spacial score (nSPS) is 40.1. The Morgan fingerprint density at radius 3 is 2.93 bits per heavy atom. The van der Waals surface area contributed by atoms with E-state index in [-0.39, 0.29) is 0 Å². The average molecular weight is 244 g/mol. The van der Waals surface area contributed by atoms with Crippen molar-refractivity contribution < 1.29 is 0 Å². The Morgan fingerprint density at radius 2 is 2.27 bits per heavy atom. The fraction of sp³-hybridized carbons (Fsp3) is 0.909. The minimum Gasteiger partial charge on any atom is -0.362 e. The Kier molecular flexibility index (Phi) is 4.26. The van der Waals surface area contributed by atoms with Gasteiger partial charge in [-0.25, -0.2) is 0 Å². The first-order chi connectivity index (χ1) is 7.24. The van der Waals surface area contributed by atoms with Gasteiger partial charge in [0.25, 0.3) is 0 Å². The number of hydrogen-bond acceptors (Lipinski definition) is 3. The third kappa shape index (κ3) is 3.59. The highest BCUT2D eigenvalue weighted by Gasteiger charge is 2.21. The van der Waals surface area contributed by atoms with Gasteiger partial charge in [0.05, 0.1) is 6.04 Å². The lowest BCUT2D eigenvalue weighted by atomic mass is 10.2. The van der Waals surface area contributed by atoms with Crippen LogP contribution in [0.4, 0.5) is 0 Å². The van der Waals surface area contributed by atoms with E-state index in [1.165, 1.54) is 35.9 Å². The van der Waals surface area contributed by atoms with Gasteiger partial charge in [-0.2, -0.15) is 11.8 Å². The molecule has 0 radical (unpaired) electrons. The molecule has 86 valence electrons. The van der Waals surface area contributed by atoms with Crippen LogP contribution in [0.15, 0.2) is 4.99 Å². The molecule has 0 aliphatic carbocycles. The van der Waals surface area contributed by atoms with Gasteiger partial charge in [-0.05, 0) is 31.9 Å². The van der Waals surface area contributed by atoms with E-state index in [9.17, 15) is 0 Å². The van der Waals surface area contributed by atoms with Gasteiger partial charge in [-0.15, -0.1) is 0 Å². The van der Waals surface area contributed by atoms with E-state index in [1.807, 2.05) is 23.5 Å². The van der Waals surface area contributed by atoms with E-state index >= 15 is 0 Å². The van der Waals surface area contributed by atoms with Crippen LogP contribution in [0.1, 0.15) is 33.1 Å². The molecule has 0 aromatic heterocycles. The molecule has 4 heteroatoms. The summed E-state index contributed by atoms with van der Waals surface area (Å²) in [7, 11) is 0. The minimum absolute atomic E-state index is 0.566. The first-order valence-corrected chi connectivity index (χ1v) is 7.86. The quantitative estimate of drug-likeness (QED) is 0.767. The Labute approximate surface area is 101 Å². The van der Waals surface area contributed by atoms with Crippen molar-refractivity contribution in [2.45, 2.75) is 50.4 Å². The summed E-state index contributed by atoms with van der Waals surface area (Å²) < 4.78 is 0. The maximum absolute atomic E-state index is 4.84. The van der Waals surface area contributed by atoms with Gasteiger partial charge in [0, 0.05) is 17.0 Å². The summed E-state index contributed by atoms with van der Waals surface area (Å²) in [5, 5.41) is 5.41. The van der Waals surface area contributed by atoms with E-state index < -0.39 is 0 Å². The molecule has 2 fully saturated rings. The van der Waals surface area contributed by atoms with Crippen molar-refractivity contribution >= 4 is 28.7 Å². The molecule has 1 N–H and O–H groups in total. The first kappa shape index (κ1) is 11.6. The number of thioether (sulfide) groups is 2. The molecule has 2 saturated heterocycles. The van der Waals surface area contributed by atoms with Crippen LogP contribution in [-0.4, -0.2) is 34.0 Å². The Hall–Kier alpha value is 0.170. The van der Waals surface area contributed by atoms with Crippen molar-refractivity contribution in [1.29, 1.82) is 0 Å². The van der Waals surface area contributed by atoms with Crippen LogP contribution in [0, 0.1) is 0 Å². The SMILES string of the molecule is CC1CC(C)SC(=NC2CCCSC2)N1. The molecule has 2 heterocycles. The van der Waals surface area contributed by atoms with Crippen molar-refractivity contribution in [3.8, 4) is 0 Å². The monoisotopic (exact) mass is 244 g/mol. The summed E-state index contributed by atoms with van der Waals surface area (Å²) in [6, 6.07) is 1.16. The fourth-order valence-corrected chi connectivity index (χ4v) is 4.40. The second-order valence-corrected chi connectivity index (χ2v) is 7.09. The molecule has 2 aliphatic heterocycles. The molecular formula is C11H20N2S2. The number of nitrogens with zero attached hydrogens (tertiary/aromatic N) is 1. The van der Waals surface area contributed by atoms with Crippen LogP contribution in [0.3, 0.4) is 0 Å². The van der Waals surface area contributed by atoms with Gasteiger partial charge in [-0.1, -0.05) is 18.7 Å². The molecule has 15 heavy (non-hydrogen) atoms. The number of rotatable bonds is 1. The van der Waals surface area contributed by atoms with Crippen LogP contribution in [0.25, 0.3) is 0 Å². The zero-order chi connectivity index (χ0) is 10.7. The fourth-order valence-electron chi connectivity index (χ4n) is 2.10. The first-order valence-electron chi connectivity index (χ1n) is 5.83. The minimum atomic E-state index is 0.566. The Bertz CT molecular complexity index is 225. The highest BCUT2D eigenvalue weighted by Crippen LogP contribution is 2.25. The van der Waals surface area contributed by atoms with Crippen molar-refractivity contribution in [1.82, 2.24) is 5.32 Å². The molecule has 2 rings (SSSR count). The average Bonchev–Trinajstić information content (AvgIpc) is 2.17. The lowest BCUT2D eigenvalue weighted by Gasteiger charge is -2.28. The van der Waals surface area contributed by atoms with E-state index in [1.54, 1.807) is 0 Å². The van der Waals surface area contributed by atoms with Gasteiger partial charge in [-0.3, -0.25) is 4.99 Å². The molecule has 2 aliphatic rings. The summed E-state index contributed by atoms with van der Waals surface area (Å²) in [5.74, 6) is 2.54. The molecule has 3 atom stereocenters. The largest absolute Gasteiger partial charge is 0.362 e. The van der Waals surface area contributed by atoms with Gasteiger partial charge < -0.3 is 5.32 Å². The van der Waals surface area contributed by atoms with E-state index in [2.05, 4.69) is 19.2 Å². The summed E-state index contributed by atoms with van der Waals surface area (Å²) in [5.41, 5.74) is 0. The van der Waals surface area contributed by atoms with E-state index in [0.29, 0.717) is 12.1 Å². The lowest BCUT2D eigenvalue weighted by Crippen LogP contribution is -2.39. The number of hydrogen-bond donors (Lipinski definition) is 1. The maximum Gasteiger partial charge on any atom is 0.157 e. The third-order valence-corrected chi connectivity index (χ3v) is 5.04. The smallest absolute Gasteiger partial charge is 0.157 e. The predicted octanol–water partition coefficient (Wildman–Crippen LogP) is 2.74. The zero-order valence-electron chi connectivity index (χ0n) is 9.53. The maximum atomic E-state index is 4.84. The Morgan fingerprint density at radius 1 is 1.40 bits per heavy atom. The topological polar surface area (TPSA) is 24.4 Å². The summed E-state index contributed by atoms with van der Waals surface area (Å²) in [6.45, 7) is 4.55. The predicted molar refractivity (Wildman–Crippen MR) is 72.0 cm³/mol. The molecule has 0 spiro atoms. The number of aliphatic imine (C=N–C) groups is 1. The van der Waals surface area contributed by atoms with E-state index in [4.69, 9.17) is 4.99 Å². The summed E-state index contributed by atoms with van der Waals surface area (Å²) in [6.07, 6.45) is 3.87. The molecule has 3 unspecified atom stereocenters. The highest BCUT2D eigenvalue weighted by molar-refractivity contribution is 8.14. The summed E-state index contributed by atoms with van der Waals surface area (Å²) >= 11 is 3.96. The highest BCUT2D eigenvalue weighted by atomic mass is 32.2. The molecule has 0 aromatic rings.